The molecule has 1 rings (SSSR count). The molecule has 0 amide bonds. The van der Waals surface area contributed by atoms with Gasteiger partial charge in [0.1, 0.15) is 0 Å². The Morgan fingerprint density at radius 3 is 2.71 bits per heavy atom. The molecule has 0 aliphatic heterocycles. The normalized spacial score (nSPS) is 12.8. The van der Waals surface area contributed by atoms with Crippen LogP contribution in [0.4, 0.5) is 5.69 Å². The van der Waals surface area contributed by atoms with Gasteiger partial charge >= 0.3 is 0 Å². The van der Waals surface area contributed by atoms with Gasteiger partial charge < -0.3 is 0 Å². The van der Waals surface area contributed by atoms with Gasteiger partial charge in [-0.1, -0.05) is 28.9 Å². The molecule has 0 heterocycles. The lowest BCUT2D eigenvalue weighted by molar-refractivity contribution is 0.593. The molecule has 1 unspecified atom stereocenters. The van der Waals surface area contributed by atoms with Crippen molar-refractivity contribution in [3.63, 3.8) is 0 Å². The number of nitrogens with zero attached hydrogens (tertiary/aromatic N) is 1. The lowest BCUT2D eigenvalue weighted by atomic mass is 10.2. The molecule has 0 spiro atoms. The number of halogens is 1. The molecule has 4 nitrogen and oxygen atoms in total. The largest absolute Gasteiger partial charge is 0.282 e. The van der Waals surface area contributed by atoms with Crippen molar-refractivity contribution in [3.05, 3.63) is 28.2 Å². The van der Waals surface area contributed by atoms with Crippen molar-refractivity contribution in [2.75, 3.05) is 4.72 Å². The molecule has 92 valence electrons. The minimum absolute atomic E-state index is 0.263. The van der Waals surface area contributed by atoms with E-state index in [-0.39, 0.29) is 6.42 Å². The van der Waals surface area contributed by atoms with Gasteiger partial charge in [-0.05, 0) is 31.0 Å². The van der Waals surface area contributed by atoms with E-state index in [0.717, 1.165) is 10.0 Å². The Morgan fingerprint density at radius 2 is 2.18 bits per heavy atom. The Bertz CT molecular complexity index is 549. The van der Waals surface area contributed by atoms with Crippen molar-refractivity contribution in [3.8, 4) is 6.07 Å². The summed E-state index contributed by atoms with van der Waals surface area (Å²) in [6.45, 7) is 3.47. The SMILES string of the molecule is CCC(C#N)S(=O)(=O)Nc1cc(Br)ccc1C. The van der Waals surface area contributed by atoms with Crippen LogP contribution < -0.4 is 4.72 Å². The van der Waals surface area contributed by atoms with E-state index in [9.17, 15) is 8.42 Å². The molecular formula is C11H13BrN2O2S. The van der Waals surface area contributed by atoms with E-state index < -0.39 is 15.3 Å². The van der Waals surface area contributed by atoms with Crippen LogP contribution in [-0.4, -0.2) is 13.7 Å². The molecule has 0 fully saturated rings. The van der Waals surface area contributed by atoms with E-state index in [1.54, 1.807) is 32.0 Å². The van der Waals surface area contributed by atoms with Crippen LogP contribution in [0.3, 0.4) is 0 Å². The molecule has 17 heavy (non-hydrogen) atoms. The Balaban J connectivity index is 3.06. The number of hydrogen-bond acceptors (Lipinski definition) is 3. The first kappa shape index (κ1) is 14.0. The number of hydrogen-bond donors (Lipinski definition) is 1. The van der Waals surface area contributed by atoms with Crippen LogP contribution in [0, 0.1) is 18.3 Å². The second kappa shape index (κ2) is 5.52. The van der Waals surface area contributed by atoms with Crippen LogP contribution in [0.5, 0.6) is 0 Å². The summed E-state index contributed by atoms with van der Waals surface area (Å²) in [6, 6.07) is 7.09. The number of aryl methyl sites for hydroxylation is 1. The maximum Gasteiger partial charge on any atom is 0.249 e. The molecule has 0 aromatic heterocycles. The van der Waals surface area contributed by atoms with Crippen LogP contribution in [0.15, 0.2) is 22.7 Å². The van der Waals surface area contributed by atoms with Gasteiger partial charge in [0.05, 0.1) is 11.8 Å². The average molecular weight is 317 g/mol. The van der Waals surface area contributed by atoms with E-state index in [2.05, 4.69) is 20.7 Å². The Hall–Kier alpha value is -1.06. The lowest BCUT2D eigenvalue weighted by Gasteiger charge is -2.13. The second-order valence-corrected chi connectivity index (χ2v) is 6.41. The number of nitrogens with one attached hydrogen (secondary N) is 1. The maximum atomic E-state index is 11.9. The van der Waals surface area contributed by atoms with Gasteiger partial charge in [-0.25, -0.2) is 8.42 Å². The second-order valence-electron chi connectivity index (χ2n) is 3.63. The zero-order valence-corrected chi connectivity index (χ0v) is 12.0. The first-order chi connectivity index (χ1) is 7.90. The third kappa shape index (κ3) is 3.45. The van der Waals surface area contributed by atoms with Gasteiger partial charge in [-0.3, -0.25) is 4.72 Å². The summed E-state index contributed by atoms with van der Waals surface area (Å²) in [4.78, 5) is 0. The number of sulfonamides is 1. The van der Waals surface area contributed by atoms with Crippen molar-refractivity contribution in [1.29, 1.82) is 5.26 Å². The lowest BCUT2D eigenvalue weighted by Crippen LogP contribution is -2.26. The van der Waals surface area contributed by atoms with Gasteiger partial charge in [-0.2, -0.15) is 5.26 Å². The highest BCUT2D eigenvalue weighted by atomic mass is 79.9. The first-order valence-electron chi connectivity index (χ1n) is 5.08. The zero-order valence-electron chi connectivity index (χ0n) is 9.57. The Morgan fingerprint density at radius 1 is 1.53 bits per heavy atom. The topological polar surface area (TPSA) is 70.0 Å². The third-order valence-electron chi connectivity index (χ3n) is 2.34. The molecule has 0 bridgehead atoms. The van der Waals surface area contributed by atoms with Crippen LogP contribution in [0.25, 0.3) is 0 Å². The molecule has 0 radical (unpaired) electrons. The van der Waals surface area contributed by atoms with Crippen molar-refractivity contribution in [2.24, 2.45) is 0 Å². The fourth-order valence-corrected chi connectivity index (χ4v) is 2.92. The van der Waals surface area contributed by atoms with E-state index in [1.807, 2.05) is 6.07 Å². The van der Waals surface area contributed by atoms with E-state index in [1.165, 1.54) is 0 Å². The fourth-order valence-electron chi connectivity index (χ4n) is 1.31. The number of anilines is 1. The molecule has 1 aromatic rings. The minimum atomic E-state index is -3.65. The van der Waals surface area contributed by atoms with Gasteiger partial charge in [0.2, 0.25) is 10.0 Å². The molecular weight excluding hydrogens is 304 g/mol. The molecule has 6 heteroatoms. The fraction of sp³-hybridized carbons (Fsp3) is 0.364. The van der Waals surface area contributed by atoms with Gasteiger partial charge in [0, 0.05) is 4.47 Å². The molecule has 0 aliphatic rings. The molecule has 0 saturated heterocycles. The zero-order chi connectivity index (χ0) is 13.1. The third-order valence-corrected chi connectivity index (χ3v) is 4.53. The monoisotopic (exact) mass is 316 g/mol. The molecule has 1 aromatic carbocycles. The molecule has 0 saturated carbocycles. The Labute approximate surface area is 110 Å². The van der Waals surface area contributed by atoms with Crippen LogP contribution in [0.2, 0.25) is 0 Å². The predicted molar refractivity (Wildman–Crippen MR) is 71.1 cm³/mol. The standard InChI is InChI=1S/C11H13BrN2O2S/c1-3-10(7-13)17(15,16)14-11-6-9(12)5-4-8(11)2/h4-6,10,14H,3H2,1-2H3. The van der Waals surface area contributed by atoms with E-state index in [4.69, 9.17) is 5.26 Å². The van der Waals surface area contributed by atoms with Crippen molar-refractivity contribution in [1.82, 2.24) is 0 Å². The highest BCUT2D eigenvalue weighted by molar-refractivity contribution is 9.10. The van der Waals surface area contributed by atoms with E-state index >= 15 is 0 Å². The summed E-state index contributed by atoms with van der Waals surface area (Å²) in [5, 5.41) is 7.76. The molecule has 0 aliphatic carbocycles. The summed E-state index contributed by atoms with van der Waals surface area (Å²) in [5.74, 6) is 0. The highest BCUT2D eigenvalue weighted by Gasteiger charge is 2.23. The van der Waals surface area contributed by atoms with Gasteiger partial charge in [0.25, 0.3) is 0 Å². The predicted octanol–water partition coefficient (Wildman–Crippen LogP) is 2.80. The van der Waals surface area contributed by atoms with Crippen molar-refractivity contribution >= 4 is 31.6 Å². The van der Waals surface area contributed by atoms with Gasteiger partial charge in [0.15, 0.2) is 5.25 Å². The molecule has 1 atom stereocenters. The number of nitriles is 1. The minimum Gasteiger partial charge on any atom is -0.282 e. The van der Waals surface area contributed by atoms with E-state index in [0.29, 0.717) is 5.69 Å². The summed E-state index contributed by atoms with van der Waals surface area (Å²) >= 11 is 3.28. The van der Waals surface area contributed by atoms with Crippen molar-refractivity contribution < 1.29 is 8.42 Å². The summed E-state index contributed by atoms with van der Waals surface area (Å²) in [5.41, 5.74) is 1.30. The maximum absolute atomic E-state index is 11.9. The van der Waals surface area contributed by atoms with Gasteiger partial charge in [-0.15, -0.1) is 0 Å². The quantitative estimate of drug-likeness (QED) is 0.928. The summed E-state index contributed by atoms with van der Waals surface area (Å²) in [7, 11) is -3.65. The highest BCUT2D eigenvalue weighted by Crippen LogP contribution is 2.22. The molecule has 1 N–H and O–H groups in total. The number of benzene rings is 1. The number of rotatable bonds is 4. The summed E-state index contributed by atoms with van der Waals surface area (Å²) < 4.78 is 27.0. The Kier molecular flexibility index (Phi) is 4.54. The van der Waals surface area contributed by atoms with Crippen LogP contribution in [-0.2, 0) is 10.0 Å². The first-order valence-corrected chi connectivity index (χ1v) is 7.42. The smallest absolute Gasteiger partial charge is 0.249 e. The van der Waals surface area contributed by atoms with Crippen molar-refractivity contribution in [2.45, 2.75) is 25.5 Å². The average Bonchev–Trinajstić information content (AvgIpc) is 2.24. The summed E-state index contributed by atoms with van der Waals surface area (Å²) in [6.07, 6.45) is 0.263. The van der Waals surface area contributed by atoms with Crippen LogP contribution >= 0.6 is 15.9 Å². The van der Waals surface area contributed by atoms with Crippen LogP contribution in [0.1, 0.15) is 18.9 Å².